The standard InChI is InChI=1S/C12H19N5/c1-2-8-16-11-7-14-12(16)13-5-3-9-17-10-4-6-15-17/h4,6-7,10-11H,2-3,5,8-9H2,1H3,(H,13,14). The average Bonchev–Trinajstić information content (AvgIpc) is 2.96. The molecule has 0 saturated carbocycles. The fraction of sp³-hybridized carbons (Fsp3) is 0.500. The van der Waals surface area contributed by atoms with Crippen molar-refractivity contribution in [2.24, 2.45) is 0 Å². The molecule has 0 bridgehead atoms. The second kappa shape index (κ2) is 6.08. The van der Waals surface area contributed by atoms with Crippen molar-refractivity contribution < 1.29 is 0 Å². The van der Waals surface area contributed by atoms with E-state index in [1.54, 1.807) is 6.20 Å². The fourth-order valence-electron chi connectivity index (χ4n) is 1.77. The molecule has 17 heavy (non-hydrogen) atoms. The Bertz CT molecular complexity index is 418. The highest BCUT2D eigenvalue weighted by molar-refractivity contribution is 5.25. The molecule has 0 amide bonds. The second-order valence-electron chi connectivity index (χ2n) is 3.99. The molecular weight excluding hydrogens is 214 g/mol. The van der Waals surface area contributed by atoms with E-state index in [1.807, 2.05) is 29.3 Å². The maximum Gasteiger partial charge on any atom is 0.202 e. The topological polar surface area (TPSA) is 47.7 Å². The number of anilines is 1. The van der Waals surface area contributed by atoms with Crippen LogP contribution in [0.1, 0.15) is 19.8 Å². The maximum absolute atomic E-state index is 4.30. The van der Waals surface area contributed by atoms with Crippen molar-refractivity contribution in [3.63, 3.8) is 0 Å². The zero-order valence-electron chi connectivity index (χ0n) is 10.2. The lowest BCUT2D eigenvalue weighted by Gasteiger charge is -2.08. The summed E-state index contributed by atoms with van der Waals surface area (Å²) in [7, 11) is 0. The van der Waals surface area contributed by atoms with Crippen molar-refractivity contribution in [2.75, 3.05) is 11.9 Å². The molecule has 0 aromatic carbocycles. The van der Waals surface area contributed by atoms with Gasteiger partial charge in [-0.3, -0.25) is 4.68 Å². The Kier molecular flexibility index (Phi) is 4.18. The lowest BCUT2D eigenvalue weighted by molar-refractivity contribution is 0.588. The first-order valence-electron chi connectivity index (χ1n) is 6.12. The first-order chi connectivity index (χ1) is 8.40. The van der Waals surface area contributed by atoms with Crippen LogP contribution in [0.4, 0.5) is 5.95 Å². The summed E-state index contributed by atoms with van der Waals surface area (Å²) in [6.45, 7) is 5.04. The molecule has 92 valence electrons. The Morgan fingerprint density at radius 2 is 2.18 bits per heavy atom. The predicted molar refractivity (Wildman–Crippen MR) is 67.9 cm³/mol. The van der Waals surface area contributed by atoms with E-state index in [4.69, 9.17) is 0 Å². The number of nitrogens with one attached hydrogen (secondary N) is 1. The first kappa shape index (κ1) is 11.7. The molecule has 0 aliphatic rings. The van der Waals surface area contributed by atoms with Crippen LogP contribution >= 0.6 is 0 Å². The van der Waals surface area contributed by atoms with E-state index in [2.05, 4.69) is 26.9 Å². The van der Waals surface area contributed by atoms with Crippen molar-refractivity contribution in [3.8, 4) is 0 Å². The minimum atomic E-state index is 0.917. The van der Waals surface area contributed by atoms with Crippen LogP contribution in [0, 0.1) is 0 Å². The van der Waals surface area contributed by atoms with Gasteiger partial charge in [-0.15, -0.1) is 0 Å². The van der Waals surface area contributed by atoms with E-state index in [1.165, 1.54) is 0 Å². The van der Waals surface area contributed by atoms with Gasteiger partial charge in [0.2, 0.25) is 5.95 Å². The Hall–Kier alpha value is -1.78. The molecule has 0 aliphatic heterocycles. The van der Waals surface area contributed by atoms with Crippen LogP contribution in [0.25, 0.3) is 0 Å². The summed E-state index contributed by atoms with van der Waals surface area (Å²) in [6.07, 6.45) is 9.81. The SMILES string of the molecule is CCCn1ccnc1NCCCn1cccn1. The summed E-state index contributed by atoms with van der Waals surface area (Å²) in [5, 5.41) is 7.52. The van der Waals surface area contributed by atoms with Crippen molar-refractivity contribution in [1.29, 1.82) is 0 Å². The smallest absolute Gasteiger partial charge is 0.202 e. The largest absolute Gasteiger partial charge is 0.356 e. The second-order valence-corrected chi connectivity index (χ2v) is 3.99. The van der Waals surface area contributed by atoms with Gasteiger partial charge in [0.1, 0.15) is 0 Å². The van der Waals surface area contributed by atoms with Crippen LogP contribution in [0.2, 0.25) is 0 Å². The van der Waals surface area contributed by atoms with Crippen LogP contribution < -0.4 is 5.32 Å². The van der Waals surface area contributed by atoms with Crippen LogP contribution in [0.3, 0.4) is 0 Å². The highest BCUT2D eigenvalue weighted by atomic mass is 15.3. The third kappa shape index (κ3) is 3.34. The Morgan fingerprint density at radius 1 is 1.24 bits per heavy atom. The molecule has 5 nitrogen and oxygen atoms in total. The summed E-state index contributed by atoms with van der Waals surface area (Å²) in [5.74, 6) is 0.965. The number of hydrogen-bond acceptors (Lipinski definition) is 3. The molecule has 0 unspecified atom stereocenters. The molecule has 0 spiro atoms. The third-order valence-corrected chi connectivity index (χ3v) is 2.59. The van der Waals surface area contributed by atoms with Gasteiger partial charge in [-0.05, 0) is 18.9 Å². The summed E-state index contributed by atoms with van der Waals surface area (Å²) in [5.41, 5.74) is 0. The van der Waals surface area contributed by atoms with Crippen molar-refractivity contribution in [1.82, 2.24) is 19.3 Å². The van der Waals surface area contributed by atoms with Crippen LogP contribution in [-0.2, 0) is 13.1 Å². The van der Waals surface area contributed by atoms with Gasteiger partial charge in [-0.2, -0.15) is 5.10 Å². The minimum absolute atomic E-state index is 0.917. The molecule has 0 aliphatic carbocycles. The van der Waals surface area contributed by atoms with Gasteiger partial charge in [0.05, 0.1) is 0 Å². The van der Waals surface area contributed by atoms with Gasteiger partial charge in [-0.1, -0.05) is 6.92 Å². The monoisotopic (exact) mass is 233 g/mol. The molecule has 0 atom stereocenters. The first-order valence-corrected chi connectivity index (χ1v) is 6.12. The summed E-state index contributed by atoms with van der Waals surface area (Å²) < 4.78 is 4.09. The molecule has 1 N–H and O–H groups in total. The Labute approximate surface area is 101 Å². The molecule has 5 heteroatoms. The third-order valence-electron chi connectivity index (χ3n) is 2.59. The van der Waals surface area contributed by atoms with E-state index >= 15 is 0 Å². The summed E-state index contributed by atoms with van der Waals surface area (Å²) in [6, 6.07) is 1.95. The number of rotatable bonds is 7. The van der Waals surface area contributed by atoms with Gasteiger partial charge in [0.25, 0.3) is 0 Å². The molecule has 2 aromatic rings. The van der Waals surface area contributed by atoms with Crippen LogP contribution in [0.15, 0.2) is 30.9 Å². The predicted octanol–water partition coefficient (Wildman–Crippen LogP) is 1.99. The van der Waals surface area contributed by atoms with Gasteiger partial charge in [-0.25, -0.2) is 4.98 Å². The van der Waals surface area contributed by atoms with Gasteiger partial charge < -0.3 is 9.88 Å². The maximum atomic E-state index is 4.30. The molecule has 2 heterocycles. The molecule has 2 aromatic heterocycles. The number of aryl methyl sites for hydroxylation is 2. The molecule has 0 radical (unpaired) electrons. The number of imidazole rings is 1. The quantitative estimate of drug-likeness (QED) is 0.744. The van der Waals surface area contributed by atoms with Crippen LogP contribution in [-0.4, -0.2) is 25.9 Å². The van der Waals surface area contributed by atoms with Gasteiger partial charge >= 0.3 is 0 Å². The van der Waals surface area contributed by atoms with Crippen molar-refractivity contribution in [3.05, 3.63) is 30.9 Å². The highest BCUT2D eigenvalue weighted by Crippen LogP contribution is 2.05. The van der Waals surface area contributed by atoms with Crippen molar-refractivity contribution >= 4 is 5.95 Å². The van der Waals surface area contributed by atoms with E-state index in [-0.39, 0.29) is 0 Å². The minimum Gasteiger partial charge on any atom is -0.356 e. The molecular formula is C12H19N5. The zero-order valence-corrected chi connectivity index (χ0v) is 10.2. The summed E-state index contributed by atoms with van der Waals surface area (Å²) >= 11 is 0. The normalized spacial score (nSPS) is 10.6. The molecule has 0 saturated heterocycles. The van der Waals surface area contributed by atoms with Crippen LogP contribution in [0.5, 0.6) is 0 Å². The lowest BCUT2D eigenvalue weighted by atomic mass is 10.4. The average molecular weight is 233 g/mol. The number of nitrogens with zero attached hydrogens (tertiary/aromatic N) is 4. The van der Waals surface area contributed by atoms with Gasteiger partial charge in [0, 0.05) is 44.4 Å². The lowest BCUT2D eigenvalue weighted by Crippen LogP contribution is -2.11. The fourth-order valence-corrected chi connectivity index (χ4v) is 1.77. The van der Waals surface area contributed by atoms with Gasteiger partial charge in [0.15, 0.2) is 0 Å². The zero-order chi connectivity index (χ0) is 11.9. The molecule has 2 rings (SSSR count). The highest BCUT2D eigenvalue weighted by Gasteiger charge is 2.00. The Balaban J connectivity index is 1.72. The van der Waals surface area contributed by atoms with E-state index in [9.17, 15) is 0 Å². The summed E-state index contributed by atoms with van der Waals surface area (Å²) in [4.78, 5) is 4.30. The van der Waals surface area contributed by atoms with Crippen molar-refractivity contribution in [2.45, 2.75) is 32.9 Å². The van der Waals surface area contributed by atoms with E-state index < -0.39 is 0 Å². The van der Waals surface area contributed by atoms with E-state index in [0.29, 0.717) is 0 Å². The number of aromatic nitrogens is 4. The number of hydrogen-bond donors (Lipinski definition) is 1. The molecule has 0 fully saturated rings. The van der Waals surface area contributed by atoms with E-state index in [0.717, 1.165) is 38.4 Å². The Morgan fingerprint density at radius 3 is 2.94 bits per heavy atom.